The van der Waals surface area contributed by atoms with Crippen LogP contribution in [0.5, 0.6) is 5.75 Å². The van der Waals surface area contributed by atoms with Crippen molar-refractivity contribution in [2.24, 2.45) is 0 Å². The number of nitrogens with zero attached hydrogens (tertiary/aromatic N) is 2. The van der Waals surface area contributed by atoms with Gasteiger partial charge in [0.15, 0.2) is 0 Å². The second-order valence-electron chi connectivity index (χ2n) is 6.58. The van der Waals surface area contributed by atoms with E-state index >= 15 is 0 Å². The fraction of sp³-hybridized carbons (Fsp3) is 0.130. The molecule has 0 saturated carbocycles. The summed E-state index contributed by atoms with van der Waals surface area (Å²) < 4.78 is 7.37. The van der Waals surface area contributed by atoms with Crippen LogP contribution in [0, 0.1) is 0 Å². The Kier molecular flexibility index (Phi) is 5.49. The second kappa shape index (κ2) is 8.37. The summed E-state index contributed by atoms with van der Waals surface area (Å²) in [6.45, 7) is 0.857. The van der Waals surface area contributed by atoms with Gasteiger partial charge in [-0.1, -0.05) is 54.1 Å². The van der Waals surface area contributed by atoms with Crippen molar-refractivity contribution in [3.63, 3.8) is 0 Å². The standard InChI is InChI=1S/C23H20ClN3O2/c1-29-21-13-7-3-9-17(21)23(28)25-14-22-26-19-11-5-6-12-20(19)27(22)15-16-8-2-4-10-18(16)24/h2-13H,14-15H2,1H3,(H,25,28). The largest absolute Gasteiger partial charge is 0.496 e. The van der Waals surface area contributed by atoms with E-state index in [9.17, 15) is 4.79 Å². The molecule has 0 aliphatic heterocycles. The van der Waals surface area contributed by atoms with E-state index in [1.54, 1.807) is 19.2 Å². The fourth-order valence-electron chi connectivity index (χ4n) is 3.32. The lowest BCUT2D eigenvalue weighted by atomic mass is 10.2. The summed E-state index contributed by atoms with van der Waals surface area (Å²) in [6.07, 6.45) is 0. The Morgan fingerprint density at radius 3 is 2.59 bits per heavy atom. The highest BCUT2D eigenvalue weighted by Gasteiger charge is 2.15. The number of halogens is 1. The van der Waals surface area contributed by atoms with Crippen LogP contribution < -0.4 is 10.1 Å². The molecule has 1 aromatic heterocycles. The van der Waals surface area contributed by atoms with E-state index in [-0.39, 0.29) is 12.5 Å². The summed E-state index contributed by atoms with van der Waals surface area (Å²) in [5.41, 5.74) is 3.36. The summed E-state index contributed by atoms with van der Waals surface area (Å²) >= 11 is 6.37. The number of methoxy groups -OCH3 is 1. The number of rotatable bonds is 6. The molecule has 0 aliphatic carbocycles. The van der Waals surface area contributed by atoms with Gasteiger partial charge in [0.05, 0.1) is 36.8 Å². The predicted octanol–water partition coefficient (Wildman–Crippen LogP) is 4.68. The van der Waals surface area contributed by atoms with Gasteiger partial charge in [0.1, 0.15) is 11.6 Å². The van der Waals surface area contributed by atoms with Gasteiger partial charge >= 0.3 is 0 Å². The molecule has 1 amide bonds. The van der Waals surface area contributed by atoms with E-state index in [2.05, 4.69) is 9.88 Å². The maximum absolute atomic E-state index is 12.7. The molecule has 0 fully saturated rings. The van der Waals surface area contributed by atoms with Crippen LogP contribution in [0.1, 0.15) is 21.7 Å². The summed E-state index contributed by atoms with van der Waals surface area (Å²) in [4.78, 5) is 17.4. The molecule has 146 valence electrons. The van der Waals surface area contributed by atoms with Crippen molar-refractivity contribution in [1.29, 1.82) is 0 Å². The van der Waals surface area contributed by atoms with Crippen LogP contribution in [0.3, 0.4) is 0 Å². The minimum Gasteiger partial charge on any atom is -0.496 e. The summed E-state index contributed by atoms with van der Waals surface area (Å²) in [5, 5.41) is 3.66. The number of amides is 1. The van der Waals surface area contributed by atoms with Crippen LogP contribution in [0.25, 0.3) is 11.0 Å². The number of fused-ring (bicyclic) bond motifs is 1. The number of hydrogen-bond donors (Lipinski definition) is 1. The van der Waals surface area contributed by atoms with Crippen molar-refractivity contribution in [2.75, 3.05) is 7.11 Å². The van der Waals surface area contributed by atoms with Crippen molar-refractivity contribution in [3.05, 3.63) is 94.8 Å². The maximum Gasteiger partial charge on any atom is 0.255 e. The number of nitrogens with one attached hydrogen (secondary N) is 1. The molecule has 5 nitrogen and oxygen atoms in total. The molecule has 0 bridgehead atoms. The molecule has 0 saturated heterocycles. The van der Waals surface area contributed by atoms with Crippen molar-refractivity contribution in [1.82, 2.24) is 14.9 Å². The van der Waals surface area contributed by atoms with E-state index < -0.39 is 0 Å². The van der Waals surface area contributed by atoms with E-state index in [0.29, 0.717) is 22.9 Å². The smallest absolute Gasteiger partial charge is 0.255 e. The fourth-order valence-corrected chi connectivity index (χ4v) is 3.52. The third-order valence-corrected chi connectivity index (χ3v) is 5.15. The molecule has 4 aromatic rings. The third kappa shape index (κ3) is 3.96. The first-order chi connectivity index (χ1) is 14.2. The van der Waals surface area contributed by atoms with Crippen LogP contribution in [0.2, 0.25) is 5.02 Å². The number of para-hydroxylation sites is 3. The molecule has 0 radical (unpaired) electrons. The number of ether oxygens (including phenoxy) is 1. The van der Waals surface area contributed by atoms with Gasteiger partial charge in [-0.25, -0.2) is 4.98 Å². The number of carbonyl (C=O) groups is 1. The summed E-state index contributed by atoms with van der Waals surface area (Å²) in [7, 11) is 1.55. The van der Waals surface area contributed by atoms with E-state index in [0.717, 1.165) is 22.4 Å². The Labute approximate surface area is 173 Å². The highest BCUT2D eigenvalue weighted by molar-refractivity contribution is 6.31. The molecule has 29 heavy (non-hydrogen) atoms. The van der Waals surface area contributed by atoms with E-state index in [1.807, 2.05) is 60.7 Å². The monoisotopic (exact) mass is 405 g/mol. The van der Waals surface area contributed by atoms with Crippen LogP contribution in [-0.4, -0.2) is 22.6 Å². The lowest BCUT2D eigenvalue weighted by Gasteiger charge is -2.12. The first-order valence-electron chi connectivity index (χ1n) is 9.26. The Hall–Kier alpha value is -3.31. The molecule has 0 atom stereocenters. The van der Waals surface area contributed by atoms with Crippen molar-refractivity contribution >= 4 is 28.5 Å². The highest BCUT2D eigenvalue weighted by atomic mass is 35.5. The zero-order valence-corrected chi connectivity index (χ0v) is 16.7. The van der Waals surface area contributed by atoms with Crippen LogP contribution in [0.4, 0.5) is 0 Å². The quantitative estimate of drug-likeness (QED) is 0.507. The summed E-state index contributed by atoms with van der Waals surface area (Å²) in [6, 6.07) is 22.8. The van der Waals surface area contributed by atoms with Gasteiger partial charge in [-0.15, -0.1) is 0 Å². The lowest BCUT2D eigenvalue weighted by Crippen LogP contribution is -2.25. The minimum absolute atomic E-state index is 0.209. The zero-order chi connectivity index (χ0) is 20.2. The first kappa shape index (κ1) is 19.0. The molecule has 6 heteroatoms. The van der Waals surface area contributed by atoms with Crippen molar-refractivity contribution in [3.8, 4) is 5.75 Å². The molecule has 1 N–H and O–H groups in total. The minimum atomic E-state index is -0.209. The van der Waals surface area contributed by atoms with Crippen molar-refractivity contribution < 1.29 is 9.53 Å². The molecular formula is C23H20ClN3O2. The van der Waals surface area contributed by atoms with Gasteiger partial charge in [0.25, 0.3) is 5.91 Å². The average molecular weight is 406 g/mol. The molecule has 3 aromatic carbocycles. The van der Waals surface area contributed by atoms with Crippen LogP contribution in [0.15, 0.2) is 72.8 Å². The number of imidazole rings is 1. The van der Waals surface area contributed by atoms with E-state index in [1.165, 1.54) is 0 Å². The topological polar surface area (TPSA) is 56.1 Å². The van der Waals surface area contributed by atoms with Crippen molar-refractivity contribution in [2.45, 2.75) is 13.1 Å². The number of aromatic nitrogens is 2. The van der Waals surface area contributed by atoms with E-state index in [4.69, 9.17) is 21.3 Å². The van der Waals surface area contributed by atoms with Gasteiger partial charge < -0.3 is 14.6 Å². The molecule has 0 spiro atoms. The Morgan fingerprint density at radius 1 is 1.03 bits per heavy atom. The Morgan fingerprint density at radius 2 is 1.76 bits per heavy atom. The zero-order valence-electron chi connectivity index (χ0n) is 15.9. The molecule has 0 unspecified atom stereocenters. The normalized spacial score (nSPS) is 10.8. The first-order valence-corrected chi connectivity index (χ1v) is 9.64. The lowest BCUT2D eigenvalue weighted by molar-refractivity contribution is 0.0946. The second-order valence-corrected chi connectivity index (χ2v) is 6.98. The highest BCUT2D eigenvalue weighted by Crippen LogP contribution is 2.22. The predicted molar refractivity (Wildman–Crippen MR) is 114 cm³/mol. The molecule has 1 heterocycles. The van der Waals surface area contributed by atoms with Gasteiger partial charge in [0, 0.05) is 5.02 Å². The van der Waals surface area contributed by atoms with Gasteiger partial charge in [-0.05, 0) is 35.9 Å². The molecule has 4 rings (SSSR count). The number of benzene rings is 3. The Balaban J connectivity index is 1.63. The maximum atomic E-state index is 12.7. The summed E-state index contributed by atoms with van der Waals surface area (Å²) in [5.74, 6) is 1.09. The van der Waals surface area contributed by atoms with Gasteiger partial charge in [0.2, 0.25) is 0 Å². The van der Waals surface area contributed by atoms with Crippen LogP contribution in [-0.2, 0) is 13.1 Å². The molecular weight excluding hydrogens is 386 g/mol. The van der Waals surface area contributed by atoms with Gasteiger partial charge in [-0.3, -0.25) is 4.79 Å². The Bertz CT molecular complexity index is 1170. The number of hydrogen-bond acceptors (Lipinski definition) is 3. The number of carbonyl (C=O) groups excluding carboxylic acids is 1. The average Bonchev–Trinajstić information content (AvgIpc) is 3.11. The third-order valence-electron chi connectivity index (χ3n) is 4.78. The SMILES string of the molecule is COc1ccccc1C(=O)NCc1nc2ccccc2n1Cc1ccccc1Cl. The van der Waals surface area contributed by atoms with Crippen LogP contribution >= 0.6 is 11.6 Å². The molecule has 0 aliphatic rings. The van der Waals surface area contributed by atoms with Gasteiger partial charge in [-0.2, -0.15) is 0 Å².